The van der Waals surface area contributed by atoms with Gasteiger partial charge in [0, 0.05) is 50.5 Å². The lowest BCUT2D eigenvalue weighted by Crippen LogP contribution is -2.55. The van der Waals surface area contributed by atoms with Gasteiger partial charge in [0.1, 0.15) is 5.56 Å². The summed E-state index contributed by atoms with van der Waals surface area (Å²) < 4.78 is 16.9. The van der Waals surface area contributed by atoms with E-state index in [0.29, 0.717) is 42.8 Å². The molecule has 0 spiro atoms. The number of rotatable bonds is 2. The largest absolute Gasteiger partial charge is 0.504 e. The van der Waals surface area contributed by atoms with Crippen LogP contribution in [0.4, 0.5) is 10.1 Å². The lowest BCUT2D eigenvalue weighted by atomic mass is 9.97. The second-order valence-electron chi connectivity index (χ2n) is 7.74. The van der Waals surface area contributed by atoms with Crippen LogP contribution in [0.1, 0.15) is 29.8 Å². The molecule has 4 rings (SSSR count). The number of benzene rings is 1. The first-order chi connectivity index (χ1) is 13.2. The number of aromatic hydroxyl groups is 1. The minimum atomic E-state index is -1.41. The van der Waals surface area contributed by atoms with Crippen LogP contribution >= 0.6 is 0 Å². The number of phenols is 1. The van der Waals surface area contributed by atoms with Crippen molar-refractivity contribution in [1.29, 1.82) is 0 Å². The second-order valence-corrected chi connectivity index (χ2v) is 7.74. The third kappa shape index (κ3) is 2.61. The van der Waals surface area contributed by atoms with Gasteiger partial charge in [0.2, 0.25) is 5.43 Å². The van der Waals surface area contributed by atoms with Gasteiger partial charge in [-0.3, -0.25) is 9.47 Å². The molecular weight excluding hydrogens is 367 g/mol. The topological polar surface area (TPSA) is 98.0 Å². The minimum Gasteiger partial charge on any atom is -0.504 e. The Hall–Kier alpha value is -2.81. The van der Waals surface area contributed by atoms with E-state index in [0.717, 1.165) is 0 Å². The number of hydrogen-bond acceptors (Lipinski definition) is 6. The lowest BCUT2D eigenvalue weighted by Gasteiger charge is -2.40. The van der Waals surface area contributed by atoms with Crippen molar-refractivity contribution in [1.82, 2.24) is 9.99 Å². The van der Waals surface area contributed by atoms with Crippen LogP contribution in [0.25, 0.3) is 10.9 Å². The predicted molar refractivity (Wildman–Crippen MR) is 104 cm³/mol. The molecule has 0 saturated carbocycles. The van der Waals surface area contributed by atoms with Crippen LogP contribution in [0, 0.1) is 5.82 Å². The highest BCUT2D eigenvalue weighted by Gasteiger charge is 2.33. The SMILES string of the molecule is C[C@@H]1CN(c2c(F)c(O)c3c(=O)c(C(=O)O)cn4c3c2CCN4C)C[C@H](C)N1. The summed E-state index contributed by atoms with van der Waals surface area (Å²) in [6.45, 7) is 5.67. The molecule has 9 heteroatoms. The average Bonchev–Trinajstić information content (AvgIpc) is 2.61. The number of likely N-dealkylation sites (N-methyl/N-ethyl adjacent to an activating group) is 1. The average molecular weight is 390 g/mol. The van der Waals surface area contributed by atoms with Gasteiger partial charge in [0.25, 0.3) is 0 Å². The number of carboxylic acid groups (broad SMARTS) is 1. The molecule has 8 nitrogen and oxygen atoms in total. The van der Waals surface area contributed by atoms with Gasteiger partial charge < -0.3 is 25.4 Å². The Morgan fingerprint density at radius 1 is 1.29 bits per heavy atom. The summed E-state index contributed by atoms with van der Waals surface area (Å²) >= 11 is 0. The highest BCUT2D eigenvalue weighted by Crippen LogP contribution is 2.40. The number of nitrogens with zero attached hydrogens (tertiary/aromatic N) is 3. The number of aromatic nitrogens is 1. The smallest absolute Gasteiger partial charge is 0.341 e. The van der Waals surface area contributed by atoms with Crippen molar-refractivity contribution >= 4 is 22.6 Å². The lowest BCUT2D eigenvalue weighted by molar-refractivity contribution is 0.0695. The van der Waals surface area contributed by atoms with Crippen LogP contribution in [-0.4, -0.2) is 59.6 Å². The van der Waals surface area contributed by atoms with Gasteiger partial charge in [-0.05, 0) is 20.3 Å². The molecule has 0 unspecified atom stereocenters. The fraction of sp³-hybridized carbons (Fsp3) is 0.474. The van der Waals surface area contributed by atoms with Crippen molar-refractivity contribution in [2.45, 2.75) is 32.4 Å². The Kier molecular flexibility index (Phi) is 4.22. The monoisotopic (exact) mass is 390 g/mol. The molecule has 2 aliphatic rings. The van der Waals surface area contributed by atoms with E-state index in [1.807, 2.05) is 18.7 Å². The number of nitrogens with one attached hydrogen (secondary N) is 1. The van der Waals surface area contributed by atoms with Crippen LogP contribution in [0.3, 0.4) is 0 Å². The minimum absolute atomic E-state index is 0.135. The molecule has 1 aromatic heterocycles. The Balaban J connectivity index is 2.08. The normalized spacial score (nSPS) is 22.0. The van der Waals surface area contributed by atoms with Crippen molar-refractivity contribution in [3.63, 3.8) is 0 Å². The first-order valence-corrected chi connectivity index (χ1v) is 9.29. The summed E-state index contributed by atoms with van der Waals surface area (Å²) in [5, 5.41) is 24.8. The number of halogens is 1. The molecule has 28 heavy (non-hydrogen) atoms. The highest BCUT2D eigenvalue weighted by atomic mass is 19.1. The van der Waals surface area contributed by atoms with Crippen molar-refractivity contribution in [3.8, 4) is 5.75 Å². The number of carboxylic acids is 1. The Morgan fingerprint density at radius 2 is 1.93 bits per heavy atom. The van der Waals surface area contributed by atoms with Crippen molar-refractivity contribution in [2.75, 3.05) is 36.6 Å². The van der Waals surface area contributed by atoms with Crippen molar-refractivity contribution in [2.24, 2.45) is 0 Å². The molecule has 0 aliphatic carbocycles. The molecule has 3 N–H and O–H groups in total. The maximum atomic E-state index is 15.4. The van der Waals surface area contributed by atoms with Crippen LogP contribution in [0.2, 0.25) is 0 Å². The van der Waals surface area contributed by atoms with Crippen molar-refractivity contribution < 1.29 is 19.4 Å². The Labute approximate surface area is 160 Å². The van der Waals surface area contributed by atoms with Crippen LogP contribution < -0.4 is 20.7 Å². The van der Waals surface area contributed by atoms with Crippen LogP contribution in [-0.2, 0) is 6.42 Å². The van der Waals surface area contributed by atoms with E-state index in [1.54, 1.807) is 12.1 Å². The molecule has 2 atom stereocenters. The molecule has 1 fully saturated rings. The van der Waals surface area contributed by atoms with Gasteiger partial charge in [-0.25, -0.2) is 9.18 Å². The van der Waals surface area contributed by atoms with E-state index in [-0.39, 0.29) is 17.5 Å². The van der Waals surface area contributed by atoms with E-state index in [2.05, 4.69) is 5.32 Å². The predicted octanol–water partition coefficient (Wildman–Crippen LogP) is 0.855. The fourth-order valence-electron chi connectivity index (χ4n) is 4.46. The highest BCUT2D eigenvalue weighted by molar-refractivity contribution is 5.99. The third-order valence-corrected chi connectivity index (χ3v) is 5.57. The van der Waals surface area contributed by atoms with Gasteiger partial charge in [0.15, 0.2) is 11.6 Å². The molecule has 0 radical (unpaired) electrons. The van der Waals surface area contributed by atoms with Gasteiger partial charge in [-0.1, -0.05) is 0 Å². The first-order valence-electron chi connectivity index (χ1n) is 9.29. The molecule has 2 aliphatic heterocycles. The molecule has 2 aromatic rings. The van der Waals surface area contributed by atoms with Gasteiger partial charge in [-0.2, -0.15) is 0 Å². The molecule has 1 aromatic carbocycles. The molecule has 1 saturated heterocycles. The molecular formula is C19H23FN4O4. The number of piperazine rings is 1. The molecule has 0 amide bonds. The third-order valence-electron chi connectivity index (χ3n) is 5.57. The van der Waals surface area contributed by atoms with Gasteiger partial charge in [0.05, 0.1) is 16.6 Å². The summed E-state index contributed by atoms with van der Waals surface area (Å²) in [7, 11) is 1.76. The van der Waals surface area contributed by atoms with Crippen molar-refractivity contribution in [3.05, 3.63) is 33.4 Å². The standard InChI is InChI=1S/C19H23FN4O4/c1-9-6-23(7-10(2)21-9)16-11-4-5-22(3)24-8-12(19(27)28)17(25)13(15(11)24)18(26)14(16)20/h8-10,21,26H,4-7H2,1-3H3,(H,27,28)/t9-,10+. The summed E-state index contributed by atoms with van der Waals surface area (Å²) in [5.74, 6) is -3.06. The van der Waals surface area contributed by atoms with E-state index in [4.69, 9.17) is 0 Å². The van der Waals surface area contributed by atoms with E-state index in [1.165, 1.54) is 10.9 Å². The van der Waals surface area contributed by atoms with Gasteiger partial charge in [-0.15, -0.1) is 0 Å². The maximum absolute atomic E-state index is 15.4. The Morgan fingerprint density at radius 3 is 2.54 bits per heavy atom. The van der Waals surface area contributed by atoms with Gasteiger partial charge >= 0.3 is 5.97 Å². The Bertz CT molecular complexity index is 1040. The summed E-state index contributed by atoms with van der Waals surface area (Å²) in [5.41, 5.74) is -0.0795. The zero-order chi connectivity index (χ0) is 20.3. The summed E-state index contributed by atoms with van der Waals surface area (Å²) in [6.07, 6.45) is 1.73. The number of phenolic OH excluding ortho intramolecular Hbond substituents is 1. The van der Waals surface area contributed by atoms with Crippen LogP contribution in [0.5, 0.6) is 5.75 Å². The van der Waals surface area contributed by atoms with E-state index >= 15 is 4.39 Å². The number of anilines is 1. The zero-order valence-electron chi connectivity index (χ0n) is 16.0. The quantitative estimate of drug-likeness (QED) is 0.700. The van der Waals surface area contributed by atoms with E-state index in [9.17, 15) is 19.8 Å². The molecule has 3 heterocycles. The maximum Gasteiger partial charge on any atom is 0.341 e. The second kappa shape index (κ2) is 6.37. The molecule has 0 bridgehead atoms. The number of carbonyl (C=O) groups is 1. The van der Waals surface area contributed by atoms with E-state index < -0.39 is 28.5 Å². The fourth-order valence-corrected chi connectivity index (χ4v) is 4.46. The number of hydrogen-bond donors (Lipinski definition) is 3. The summed E-state index contributed by atoms with van der Waals surface area (Å²) in [4.78, 5) is 26.1. The molecule has 150 valence electrons. The zero-order valence-corrected chi connectivity index (χ0v) is 16.0. The first kappa shape index (κ1) is 18.5. The summed E-state index contributed by atoms with van der Waals surface area (Å²) in [6, 6.07) is 0.270. The number of aromatic carboxylic acids is 1. The number of pyridine rings is 1. The van der Waals surface area contributed by atoms with Crippen LogP contribution in [0.15, 0.2) is 11.0 Å².